The third kappa shape index (κ3) is 3.35. The minimum Gasteiger partial charge on any atom is -0.312 e. The van der Waals surface area contributed by atoms with Crippen molar-refractivity contribution in [2.45, 2.75) is 13.3 Å². The van der Waals surface area contributed by atoms with Crippen LogP contribution in [0.2, 0.25) is 0 Å². The number of hydrogen-bond donors (Lipinski definition) is 0. The first-order valence-corrected chi connectivity index (χ1v) is 4.93. The van der Waals surface area contributed by atoms with E-state index < -0.39 is 7.60 Å². The van der Waals surface area contributed by atoms with Crippen LogP contribution in [-0.2, 0) is 13.6 Å². The summed E-state index contributed by atoms with van der Waals surface area (Å²) in [5, 5.41) is 0. The minimum atomic E-state index is -2.75. The van der Waals surface area contributed by atoms with Gasteiger partial charge in [-0.15, -0.1) is 0 Å². The third-order valence-corrected chi connectivity index (χ3v) is 3.02. The van der Waals surface area contributed by atoms with Crippen LogP contribution in [0.1, 0.15) is 13.3 Å². The van der Waals surface area contributed by atoms with E-state index in [-0.39, 0.29) is 0 Å². The number of unbranched alkanes of at least 4 members (excludes halogenated alkanes) is 1. The van der Waals surface area contributed by atoms with Crippen LogP contribution in [-0.4, -0.2) is 20.4 Å². The standard InChI is InChI=1S/C6H14O3P/c1-4-5-6-10(7,8-2)9-3/h5H,4,6H2,1-3H3. The molecule has 1 radical (unpaired) electrons. The van der Waals surface area contributed by atoms with Gasteiger partial charge in [-0.1, -0.05) is 13.3 Å². The van der Waals surface area contributed by atoms with Crippen molar-refractivity contribution < 1.29 is 13.6 Å². The highest BCUT2D eigenvalue weighted by atomic mass is 31.2. The van der Waals surface area contributed by atoms with Gasteiger partial charge in [0, 0.05) is 14.2 Å². The molecule has 0 aromatic carbocycles. The van der Waals surface area contributed by atoms with Gasteiger partial charge in [0.05, 0.1) is 6.16 Å². The summed E-state index contributed by atoms with van der Waals surface area (Å²) in [6, 6.07) is 0. The molecule has 0 atom stereocenters. The van der Waals surface area contributed by atoms with E-state index in [2.05, 4.69) is 0 Å². The molecule has 0 N–H and O–H groups in total. The lowest BCUT2D eigenvalue weighted by atomic mass is 10.4. The molecular formula is C6H14O3P. The summed E-state index contributed by atoms with van der Waals surface area (Å²) in [5.41, 5.74) is 0. The second-order valence-electron chi connectivity index (χ2n) is 1.86. The molecule has 0 spiro atoms. The summed E-state index contributed by atoms with van der Waals surface area (Å²) in [4.78, 5) is 0. The molecule has 0 bridgehead atoms. The maximum absolute atomic E-state index is 11.2. The Balaban J connectivity index is 3.70. The highest BCUT2D eigenvalue weighted by Crippen LogP contribution is 2.46. The third-order valence-electron chi connectivity index (χ3n) is 1.20. The van der Waals surface area contributed by atoms with Crippen LogP contribution in [0.25, 0.3) is 0 Å². The van der Waals surface area contributed by atoms with Gasteiger partial charge in [-0.25, -0.2) is 0 Å². The Morgan fingerprint density at radius 1 is 1.40 bits per heavy atom. The van der Waals surface area contributed by atoms with Crippen molar-refractivity contribution in [1.29, 1.82) is 0 Å². The van der Waals surface area contributed by atoms with Gasteiger partial charge in [-0.05, 0) is 6.42 Å². The van der Waals surface area contributed by atoms with Gasteiger partial charge in [-0.3, -0.25) is 4.57 Å². The molecule has 0 heterocycles. The van der Waals surface area contributed by atoms with Crippen molar-refractivity contribution in [3.63, 3.8) is 0 Å². The minimum absolute atomic E-state index is 0.399. The maximum atomic E-state index is 11.2. The van der Waals surface area contributed by atoms with Crippen LogP contribution in [0.15, 0.2) is 0 Å². The summed E-state index contributed by atoms with van der Waals surface area (Å²) >= 11 is 0. The Labute approximate surface area is 62.3 Å². The lowest BCUT2D eigenvalue weighted by Crippen LogP contribution is -1.94. The Hall–Kier alpha value is 0.150. The van der Waals surface area contributed by atoms with Gasteiger partial charge in [0.1, 0.15) is 0 Å². The molecular weight excluding hydrogens is 151 g/mol. The molecule has 0 amide bonds. The van der Waals surface area contributed by atoms with Crippen molar-refractivity contribution in [3.8, 4) is 0 Å². The van der Waals surface area contributed by atoms with Gasteiger partial charge in [0.25, 0.3) is 0 Å². The second-order valence-corrected chi connectivity index (χ2v) is 4.17. The molecule has 0 aliphatic carbocycles. The fourth-order valence-corrected chi connectivity index (χ4v) is 1.53. The van der Waals surface area contributed by atoms with Gasteiger partial charge in [0.15, 0.2) is 0 Å². The van der Waals surface area contributed by atoms with Crippen LogP contribution in [0, 0.1) is 6.42 Å². The quantitative estimate of drug-likeness (QED) is 0.585. The second kappa shape index (κ2) is 4.89. The molecule has 10 heavy (non-hydrogen) atoms. The normalized spacial score (nSPS) is 11.9. The zero-order chi connectivity index (χ0) is 8.04. The summed E-state index contributed by atoms with van der Waals surface area (Å²) in [5.74, 6) is 0. The molecule has 0 aromatic heterocycles. The first-order valence-electron chi connectivity index (χ1n) is 3.20. The zero-order valence-corrected chi connectivity index (χ0v) is 7.56. The molecule has 4 heteroatoms. The fraction of sp³-hybridized carbons (Fsp3) is 0.833. The lowest BCUT2D eigenvalue weighted by molar-refractivity contribution is 0.278. The summed E-state index contributed by atoms with van der Waals surface area (Å²) in [6.07, 6.45) is 3.17. The van der Waals surface area contributed by atoms with Crippen LogP contribution in [0.5, 0.6) is 0 Å². The van der Waals surface area contributed by atoms with E-state index in [1.165, 1.54) is 14.2 Å². The fourth-order valence-electron chi connectivity index (χ4n) is 0.511. The zero-order valence-electron chi connectivity index (χ0n) is 6.66. The van der Waals surface area contributed by atoms with Crippen molar-refractivity contribution in [3.05, 3.63) is 6.42 Å². The van der Waals surface area contributed by atoms with Crippen molar-refractivity contribution in [2.75, 3.05) is 20.4 Å². The van der Waals surface area contributed by atoms with Crippen molar-refractivity contribution in [1.82, 2.24) is 0 Å². The van der Waals surface area contributed by atoms with Crippen LogP contribution < -0.4 is 0 Å². The molecule has 0 rings (SSSR count). The molecule has 0 aliphatic rings. The molecule has 0 aliphatic heterocycles. The van der Waals surface area contributed by atoms with Gasteiger partial charge < -0.3 is 9.05 Å². The lowest BCUT2D eigenvalue weighted by Gasteiger charge is -2.11. The Bertz CT molecular complexity index is 116. The summed E-state index contributed by atoms with van der Waals surface area (Å²) < 4.78 is 20.6. The number of rotatable bonds is 5. The number of hydrogen-bond acceptors (Lipinski definition) is 3. The Morgan fingerprint density at radius 3 is 2.20 bits per heavy atom. The van der Waals surface area contributed by atoms with E-state index in [4.69, 9.17) is 9.05 Å². The van der Waals surface area contributed by atoms with E-state index >= 15 is 0 Å². The van der Waals surface area contributed by atoms with Crippen LogP contribution >= 0.6 is 7.60 Å². The first-order chi connectivity index (χ1) is 4.68. The molecule has 0 saturated heterocycles. The predicted octanol–water partition coefficient (Wildman–Crippen LogP) is 2.09. The highest BCUT2D eigenvalue weighted by Gasteiger charge is 2.18. The van der Waals surface area contributed by atoms with Crippen LogP contribution in [0.3, 0.4) is 0 Å². The molecule has 61 valence electrons. The highest BCUT2D eigenvalue weighted by molar-refractivity contribution is 7.53. The van der Waals surface area contributed by atoms with E-state index in [0.29, 0.717) is 6.16 Å². The van der Waals surface area contributed by atoms with Gasteiger partial charge >= 0.3 is 7.60 Å². The van der Waals surface area contributed by atoms with E-state index in [1.54, 1.807) is 0 Å². The summed E-state index contributed by atoms with van der Waals surface area (Å²) in [7, 11) is 0.0400. The van der Waals surface area contributed by atoms with E-state index in [9.17, 15) is 4.57 Å². The molecule has 0 fully saturated rings. The molecule has 0 saturated carbocycles. The summed E-state index contributed by atoms with van der Waals surface area (Å²) in [6.45, 7) is 1.98. The van der Waals surface area contributed by atoms with Crippen molar-refractivity contribution >= 4 is 7.60 Å². The van der Waals surface area contributed by atoms with Crippen molar-refractivity contribution in [2.24, 2.45) is 0 Å². The molecule has 0 aromatic rings. The van der Waals surface area contributed by atoms with Crippen LogP contribution in [0.4, 0.5) is 0 Å². The smallest absolute Gasteiger partial charge is 0.312 e. The first kappa shape index (κ1) is 10.2. The monoisotopic (exact) mass is 165 g/mol. The largest absolute Gasteiger partial charge is 0.330 e. The predicted molar refractivity (Wildman–Crippen MR) is 41.1 cm³/mol. The Morgan fingerprint density at radius 2 is 1.90 bits per heavy atom. The van der Waals surface area contributed by atoms with E-state index in [1.807, 2.05) is 13.3 Å². The Kier molecular flexibility index (Phi) is 4.96. The average molecular weight is 165 g/mol. The maximum Gasteiger partial charge on any atom is 0.330 e. The van der Waals surface area contributed by atoms with Gasteiger partial charge in [-0.2, -0.15) is 0 Å². The van der Waals surface area contributed by atoms with E-state index in [0.717, 1.165) is 6.42 Å². The average Bonchev–Trinajstić information content (AvgIpc) is 2.00. The van der Waals surface area contributed by atoms with Gasteiger partial charge in [0.2, 0.25) is 0 Å². The topological polar surface area (TPSA) is 35.5 Å². The molecule has 0 unspecified atom stereocenters. The SMILES string of the molecule is CC[CH]CP(=O)(OC)OC. The molecule has 3 nitrogen and oxygen atoms in total.